The van der Waals surface area contributed by atoms with E-state index in [2.05, 4.69) is 58.4 Å². The second-order valence-electron chi connectivity index (χ2n) is 4.07. The van der Waals surface area contributed by atoms with Crippen LogP contribution in [0.15, 0.2) is 52.4 Å². The molecule has 4 heteroatoms. The van der Waals surface area contributed by atoms with Crippen LogP contribution in [0.5, 0.6) is 0 Å². The Morgan fingerprint density at radius 2 is 1.94 bits per heavy atom. The van der Waals surface area contributed by atoms with E-state index in [1.807, 2.05) is 0 Å². The van der Waals surface area contributed by atoms with Gasteiger partial charge in [0.25, 0.3) is 0 Å². The van der Waals surface area contributed by atoms with E-state index >= 15 is 0 Å². The number of H-pyrrole nitrogens is 1. The normalized spacial score (nSPS) is 12.3. The van der Waals surface area contributed by atoms with Crippen molar-refractivity contribution in [1.82, 2.24) is 4.98 Å². The first-order chi connectivity index (χ1) is 7.84. The standard InChI is InChI=1S/C8H6N.C5H5.CH2.2ClH.Ti/c1-2-4-8-7(3-1)5-6-9-8;1-2-4-5-3-1;;;;/h1-5,9H;1-3H,4H2;1H2;2*1H;/q;;;;;+2/p-2. The molecule has 0 radical (unpaired) electrons. The van der Waals surface area contributed by atoms with Gasteiger partial charge in [-0.1, -0.05) is 0 Å². The third kappa shape index (κ3) is 2.86. The SMILES string of the molecule is [CH2]=[Ti+2]([C]1=CC=CC1)[c]1cc2ccccc2[nH]1.[Cl-].[Cl-]. The van der Waals surface area contributed by atoms with E-state index in [1.54, 1.807) is 3.88 Å². The molecule has 0 spiro atoms. The molecule has 0 bridgehead atoms. The van der Waals surface area contributed by atoms with Crippen molar-refractivity contribution in [3.8, 4) is 0 Å². The topological polar surface area (TPSA) is 15.8 Å². The minimum absolute atomic E-state index is 0. The van der Waals surface area contributed by atoms with Crippen LogP contribution in [-0.2, 0) is 17.4 Å². The molecule has 0 aliphatic heterocycles. The first-order valence-electron chi connectivity index (χ1n) is 5.48. The summed E-state index contributed by atoms with van der Waals surface area (Å²) < 4.78 is 2.92. The molecule has 1 aliphatic carbocycles. The van der Waals surface area contributed by atoms with Gasteiger partial charge in [-0.25, -0.2) is 0 Å². The van der Waals surface area contributed by atoms with E-state index < -0.39 is 17.4 Å². The van der Waals surface area contributed by atoms with Crippen LogP contribution in [0.3, 0.4) is 0 Å². The first kappa shape index (κ1) is 15.5. The molecule has 3 rings (SSSR count). The van der Waals surface area contributed by atoms with Gasteiger partial charge in [-0.2, -0.15) is 0 Å². The molecule has 0 saturated carbocycles. The molecular weight excluding hydrogens is 301 g/mol. The van der Waals surface area contributed by atoms with Crippen LogP contribution >= 0.6 is 0 Å². The van der Waals surface area contributed by atoms with Crippen LogP contribution < -0.4 is 28.8 Å². The molecule has 1 nitrogen and oxygen atoms in total. The Kier molecular flexibility index (Phi) is 5.61. The number of rotatable bonds is 2. The van der Waals surface area contributed by atoms with Gasteiger partial charge in [-0.05, 0) is 0 Å². The van der Waals surface area contributed by atoms with Crippen molar-refractivity contribution in [3.05, 3.63) is 52.4 Å². The Morgan fingerprint density at radius 1 is 1.17 bits per heavy atom. The molecule has 0 atom stereocenters. The molecule has 0 amide bonds. The van der Waals surface area contributed by atoms with Crippen LogP contribution in [0.2, 0.25) is 0 Å². The molecule has 1 aromatic heterocycles. The van der Waals surface area contributed by atoms with Gasteiger partial charge in [0.15, 0.2) is 0 Å². The molecule has 1 aromatic carbocycles. The number of fused-ring (bicyclic) bond motifs is 1. The van der Waals surface area contributed by atoms with Crippen LogP contribution in [-0.4, -0.2) is 9.80 Å². The second kappa shape index (κ2) is 6.54. The summed E-state index contributed by atoms with van der Waals surface area (Å²) in [6, 6.07) is 10.7. The van der Waals surface area contributed by atoms with Gasteiger partial charge < -0.3 is 24.8 Å². The Hall–Kier alpha value is -0.596. The van der Waals surface area contributed by atoms with Crippen molar-refractivity contribution >= 4 is 19.7 Å². The summed E-state index contributed by atoms with van der Waals surface area (Å²) in [4.78, 5) is 7.93. The van der Waals surface area contributed by atoms with Gasteiger partial charge >= 0.3 is 101 Å². The Labute approximate surface area is 125 Å². The molecule has 1 aliphatic rings. The van der Waals surface area contributed by atoms with Crippen LogP contribution in [0.25, 0.3) is 10.9 Å². The Morgan fingerprint density at radius 3 is 2.61 bits per heavy atom. The summed E-state index contributed by atoms with van der Waals surface area (Å²) in [5, 5.41) is 1.30. The van der Waals surface area contributed by atoms with Crippen LogP contribution in [0.4, 0.5) is 0 Å². The molecule has 1 heterocycles. The summed E-state index contributed by atoms with van der Waals surface area (Å²) in [5.41, 5.74) is 1.23. The zero-order chi connectivity index (χ0) is 11.0. The molecule has 18 heavy (non-hydrogen) atoms. The predicted octanol–water partition coefficient (Wildman–Crippen LogP) is -3.30. The number of halogens is 2. The first-order valence-corrected chi connectivity index (χ1v) is 8.14. The number of para-hydroxylation sites is 1. The van der Waals surface area contributed by atoms with Crippen molar-refractivity contribution < 1.29 is 42.2 Å². The van der Waals surface area contributed by atoms with Crippen molar-refractivity contribution in [2.24, 2.45) is 0 Å². The molecule has 0 unspecified atom stereocenters. The van der Waals surface area contributed by atoms with E-state index in [0.29, 0.717) is 0 Å². The molecule has 1 N–H and O–H groups in total. The minimum Gasteiger partial charge on any atom is -1.00 e. The number of allylic oxidation sites excluding steroid dienone is 4. The fraction of sp³-hybridized carbons (Fsp3) is 0.0714. The Balaban J connectivity index is 0.000000810. The van der Waals surface area contributed by atoms with Crippen molar-refractivity contribution in [1.29, 1.82) is 0 Å². The third-order valence-electron chi connectivity index (χ3n) is 3.01. The van der Waals surface area contributed by atoms with Crippen molar-refractivity contribution in [2.75, 3.05) is 0 Å². The fourth-order valence-corrected chi connectivity index (χ4v) is 4.61. The summed E-state index contributed by atoms with van der Waals surface area (Å²) >= 11 is -1.48. The average molecular weight is 314 g/mol. The maximum absolute atomic E-state index is 4.41. The van der Waals surface area contributed by atoms with E-state index in [9.17, 15) is 0 Å². The molecule has 2 aromatic rings. The number of aromatic nitrogens is 1. The summed E-state index contributed by atoms with van der Waals surface area (Å²) in [7, 11) is 0. The number of benzene rings is 1. The quantitative estimate of drug-likeness (QED) is 0.559. The molecular formula is C14H13Cl2NTi. The largest absolute Gasteiger partial charge is 1.00 e. The monoisotopic (exact) mass is 313 g/mol. The van der Waals surface area contributed by atoms with Crippen LogP contribution in [0, 0.1) is 0 Å². The summed E-state index contributed by atoms with van der Waals surface area (Å²) in [5.74, 6) is 0. The van der Waals surface area contributed by atoms with Gasteiger partial charge in [-0.15, -0.1) is 0 Å². The Bertz CT molecular complexity index is 593. The van der Waals surface area contributed by atoms with E-state index in [1.165, 1.54) is 14.9 Å². The molecule has 0 saturated heterocycles. The van der Waals surface area contributed by atoms with E-state index in [0.717, 1.165) is 6.42 Å². The summed E-state index contributed by atoms with van der Waals surface area (Å²) in [6.07, 6.45) is 7.72. The van der Waals surface area contributed by atoms with Gasteiger partial charge in [0, 0.05) is 0 Å². The number of aromatic amines is 1. The predicted molar refractivity (Wildman–Crippen MR) is 66.9 cm³/mol. The zero-order valence-electron chi connectivity index (χ0n) is 9.79. The minimum atomic E-state index is -1.48. The van der Waals surface area contributed by atoms with Gasteiger partial charge in [0.2, 0.25) is 0 Å². The number of hydrogen-bond donors (Lipinski definition) is 1. The number of hydrogen-bond acceptors (Lipinski definition) is 0. The summed E-state index contributed by atoms with van der Waals surface area (Å²) in [6.45, 7) is 0. The number of nitrogens with one attached hydrogen (secondary N) is 1. The second-order valence-corrected chi connectivity index (χ2v) is 7.41. The maximum Gasteiger partial charge on any atom is -1.00 e. The van der Waals surface area contributed by atoms with Crippen LogP contribution in [0.1, 0.15) is 6.42 Å². The smallest absolute Gasteiger partial charge is 1.00 e. The molecule has 0 fully saturated rings. The molecule has 92 valence electrons. The third-order valence-corrected chi connectivity index (χ3v) is 6.24. The van der Waals surface area contributed by atoms with Gasteiger partial charge in [0.1, 0.15) is 0 Å². The van der Waals surface area contributed by atoms with E-state index in [-0.39, 0.29) is 24.8 Å². The maximum atomic E-state index is 4.41. The van der Waals surface area contributed by atoms with Gasteiger partial charge in [-0.3, -0.25) is 0 Å². The zero-order valence-corrected chi connectivity index (χ0v) is 12.9. The van der Waals surface area contributed by atoms with Crippen molar-refractivity contribution in [2.45, 2.75) is 6.42 Å². The van der Waals surface area contributed by atoms with E-state index in [4.69, 9.17) is 0 Å². The fourth-order valence-electron chi connectivity index (χ4n) is 2.08. The van der Waals surface area contributed by atoms with Gasteiger partial charge in [0.05, 0.1) is 0 Å². The van der Waals surface area contributed by atoms with Crippen molar-refractivity contribution in [3.63, 3.8) is 0 Å². The average Bonchev–Trinajstić information content (AvgIpc) is 2.97.